The zero-order chi connectivity index (χ0) is 22.2. The molecule has 0 aliphatic heterocycles. The third-order valence-electron chi connectivity index (χ3n) is 5.35. The van der Waals surface area contributed by atoms with E-state index in [4.69, 9.17) is 9.84 Å². The molecule has 0 bridgehead atoms. The first-order chi connectivity index (χ1) is 13.7. The summed E-state index contributed by atoms with van der Waals surface area (Å²) in [5, 5.41) is 47.0. The van der Waals surface area contributed by atoms with Gasteiger partial charge in [0.15, 0.2) is 0 Å². The van der Waals surface area contributed by atoms with Crippen LogP contribution in [0.5, 0.6) is 0 Å². The van der Waals surface area contributed by atoms with E-state index >= 15 is 0 Å². The Bertz CT molecular complexity index is 412. The molecule has 0 aromatic rings. The van der Waals surface area contributed by atoms with Crippen molar-refractivity contribution in [2.75, 3.05) is 19.8 Å². The highest BCUT2D eigenvalue weighted by Crippen LogP contribution is 2.19. The van der Waals surface area contributed by atoms with Gasteiger partial charge in [-0.3, -0.25) is 0 Å². The molecule has 1 unspecified atom stereocenters. The lowest BCUT2D eigenvalue weighted by atomic mass is 9.94. The molecule has 0 aromatic carbocycles. The van der Waals surface area contributed by atoms with Gasteiger partial charge in [-0.2, -0.15) is 0 Å². The van der Waals surface area contributed by atoms with Crippen molar-refractivity contribution in [2.45, 2.75) is 103 Å². The maximum Gasteiger partial charge on any atom is 0.111 e. The van der Waals surface area contributed by atoms with E-state index in [1.165, 1.54) is 37.7 Å². The molecule has 6 heteroatoms. The van der Waals surface area contributed by atoms with Crippen LogP contribution < -0.4 is 0 Å². The Morgan fingerprint density at radius 3 is 2.10 bits per heavy atom. The van der Waals surface area contributed by atoms with Crippen molar-refractivity contribution in [3.05, 3.63) is 11.6 Å². The normalized spacial score (nSPS) is 17.9. The molecule has 0 aliphatic carbocycles. The second-order valence-corrected chi connectivity index (χ2v) is 8.89. The predicted octanol–water partition coefficient (Wildman–Crippen LogP) is 2.80. The van der Waals surface area contributed by atoms with E-state index in [-0.39, 0.29) is 6.61 Å². The fourth-order valence-electron chi connectivity index (χ4n) is 3.25. The lowest BCUT2D eigenvalue weighted by Gasteiger charge is -2.25. The van der Waals surface area contributed by atoms with E-state index in [1.54, 1.807) is 0 Å². The monoisotopic (exact) mass is 418 g/mol. The number of hydrogen-bond acceptors (Lipinski definition) is 6. The van der Waals surface area contributed by atoms with Gasteiger partial charge >= 0.3 is 0 Å². The van der Waals surface area contributed by atoms with Crippen molar-refractivity contribution in [1.82, 2.24) is 0 Å². The van der Waals surface area contributed by atoms with Crippen LogP contribution in [-0.2, 0) is 4.74 Å². The highest BCUT2D eigenvalue weighted by molar-refractivity contribution is 4.97. The first-order valence-electron chi connectivity index (χ1n) is 11.3. The minimum absolute atomic E-state index is 0.131. The van der Waals surface area contributed by atoms with Crippen LogP contribution in [-0.4, -0.2) is 69.8 Å². The molecule has 0 aliphatic rings. The highest BCUT2D eigenvalue weighted by Gasteiger charge is 2.29. The van der Waals surface area contributed by atoms with Crippen LogP contribution in [0.2, 0.25) is 0 Å². The van der Waals surface area contributed by atoms with Gasteiger partial charge in [0.25, 0.3) is 0 Å². The Labute approximate surface area is 177 Å². The number of aliphatic hydroxyl groups is 5. The van der Waals surface area contributed by atoms with Crippen LogP contribution in [0.1, 0.15) is 79.1 Å². The van der Waals surface area contributed by atoms with Gasteiger partial charge in [0.2, 0.25) is 0 Å². The van der Waals surface area contributed by atoms with Crippen molar-refractivity contribution in [3.63, 3.8) is 0 Å². The molecular weight excluding hydrogens is 372 g/mol. The lowest BCUT2D eigenvalue weighted by molar-refractivity contribution is -0.129. The van der Waals surface area contributed by atoms with Crippen molar-refractivity contribution in [2.24, 2.45) is 11.8 Å². The highest BCUT2D eigenvalue weighted by atomic mass is 16.5. The molecule has 174 valence electrons. The summed E-state index contributed by atoms with van der Waals surface area (Å²) in [6, 6.07) is 0. The smallest absolute Gasteiger partial charge is 0.111 e. The average molecular weight is 419 g/mol. The molecule has 0 spiro atoms. The first kappa shape index (κ1) is 28.5. The molecule has 0 radical (unpaired) electrons. The summed E-state index contributed by atoms with van der Waals surface area (Å²) in [4.78, 5) is 0. The predicted molar refractivity (Wildman–Crippen MR) is 117 cm³/mol. The van der Waals surface area contributed by atoms with E-state index in [0.717, 1.165) is 31.1 Å². The third-order valence-corrected chi connectivity index (χ3v) is 5.35. The summed E-state index contributed by atoms with van der Waals surface area (Å²) in [7, 11) is 0. The van der Waals surface area contributed by atoms with E-state index in [9.17, 15) is 20.4 Å². The quantitative estimate of drug-likeness (QED) is 0.173. The van der Waals surface area contributed by atoms with Gasteiger partial charge in [-0.1, -0.05) is 58.1 Å². The average Bonchev–Trinajstić information content (AvgIpc) is 2.68. The molecule has 0 fully saturated rings. The molecule has 0 amide bonds. The minimum Gasteiger partial charge on any atom is -0.394 e. The van der Waals surface area contributed by atoms with Gasteiger partial charge in [0.1, 0.15) is 24.4 Å². The Kier molecular flexibility index (Phi) is 16.9. The van der Waals surface area contributed by atoms with E-state index < -0.39 is 31.0 Å². The van der Waals surface area contributed by atoms with Crippen molar-refractivity contribution in [1.29, 1.82) is 0 Å². The Balaban J connectivity index is 3.78. The summed E-state index contributed by atoms with van der Waals surface area (Å²) in [6.07, 6.45) is 5.60. The van der Waals surface area contributed by atoms with Crippen molar-refractivity contribution in [3.8, 4) is 0 Å². The van der Waals surface area contributed by atoms with Gasteiger partial charge in [-0.15, -0.1) is 0 Å². The molecule has 6 nitrogen and oxygen atoms in total. The molecule has 0 aromatic heterocycles. The fourth-order valence-corrected chi connectivity index (χ4v) is 3.25. The van der Waals surface area contributed by atoms with Gasteiger partial charge in [0.05, 0.1) is 13.2 Å². The van der Waals surface area contributed by atoms with Crippen LogP contribution >= 0.6 is 0 Å². The largest absolute Gasteiger partial charge is 0.394 e. The lowest BCUT2D eigenvalue weighted by Crippen LogP contribution is -2.47. The number of hydrogen-bond donors (Lipinski definition) is 5. The molecule has 0 saturated heterocycles. The summed E-state index contributed by atoms with van der Waals surface area (Å²) >= 11 is 0. The first-order valence-corrected chi connectivity index (χ1v) is 11.3. The third kappa shape index (κ3) is 15.0. The summed E-state index contributed by atoms with van der Waals surface area (Å²) in [5.74, 6) is 1.60. The van der Waals surface area contributed by atoms with Gasteiger partial charge in [0, 0.05) is 6.61 Å². The fraction of sp³-hybridized carbons (Fsp3) is 0.913. The standard InChI is InChI=1S/C23H46O6/c1-17(2)9-7-11-19(4)13-8-12-18(3)10-5-6-14-29-16-21(26)23(28)22(27)20(25)15-24/h10,17,19-28H,5-9,11-16H2,1-4H3/t19?,20-,21-,22-,23-/m0/s1. The number of ether oxygens (including phenoxy) is 1. The van der Waals surface area contributed by atoms with Crippen molar-refractivity contribution >= 4 is 0 Å². The van der Waals surface area contributed by atoms with Gasteiger partial charge in [-0.25, -0.2) is 0 Å². The summed E-state index contributed by atoms with van der Waals surface area (Å²) < 4.78 is 5.33. The molecule has 5 atom stereocenters. The second kappa shape index (κ2) is 17.2. The van der Waals surface area contributed by atoms with Crippen molar-refractivity contribution < 1.29 is 30.3 Å². The maximum atomic E-state index is 9.76. The summed E-state index contributed by atoms with van der Waals surface area (Å²) in [5.41, 5.74) is 1.40. The van der Waals surface area contributed by atoms with Crippen LogP contribution in [0.25, 0.3) is 0 Å². The van der Waals surface area contributed by atoms with Crippen LogP contribution in [0, 0.1) is 11.8 Å². The Morgan fingerprint density at radius 2 is 1.48 bits per heavy atom. The van der Waals surface area contributed by atoms with E-state index in [0.29, 0.717) is 6.61 Å². The molecule has 29 heavy (non-hydrogen) atoms. The zero-order valence-electron chi connectivity index (χ0n) is 19.0. The molecule has 0 rings (SSSR count). The van der Waals surface area contributed by atoms with Gasteiger partial charge < -0.3 is 30.3 Å². The molecule has 0 heterocycles. The van der Waals surface area contributed by atoms with E-state index in [2.05, 4.69) is 33.8 Å². The SMILES string of the molecule is CC(=CCCCOC[C@H](O)[C@H](O)[C@@H](O)[C@@H](O)CO)CCCC(C)CCCC(C)C. The molecular formula is C23H46O6. The van der Waals surface area contributed by atoms with Crippen LogP contribution in [0.4, 0.5) is 0 Å². The Morgan fingerprint density at radius 1 is 0.862 bits per heavy atom. The van der Waals surface area contributed by atoms with Crippen LogP contribution in [0.15, 0.2) is 11.6 Å². The number of allylic oxidation sites excluding steroid dienone is 2. The number of unbranched alkanes of at least 4 members (excludes halogenated alkanes) is 1. The maximum absolute atomic E-state index is 9.76. The molecule has 0 saturated carbocycles. The molecule has 5 N–H and O–H groups in total. The van der Waals surface area contributed by atoms with E-state index in [1.807, 2.05) is 0 Å². The zero-order valence-corrected chi connectivity index (χ0v) is 19.0. The summed E-state index contributed by atoms with van der Waals surface area (Å²) in [6.45, 7) is 8.71. The minimum atomic E-state index is -1.61. The Hall–Kier alpha value is -0.500. The van der Waals surface area contributed by atoms with Gasteiger partial charge in [-0.05, 0) is 44.4 Å². The topological polar surface area (TPSA) is 110 Å². The van der Waals surface area contributed by atoms with Crippen LogP contribution in [0.3, 0.4) is 0 Å². The number of rotatable bonds is 18. The number of aliphatic hydroxyl groups excluding tert-OH is 5. The second-order valence-electron chi connectivity index (χ2n) is 8.89.